The van der Waals surface area contributed by atoms with Crippen molar-refractivity contribution in [1.29, 1.82) is 0 Å². The number of benzene rings is 1. The molecule has 92 valence electrons. The number of carbonyl (C=O) groups is 1. The molecular weight excluding hydrogens is 242 g/mol. The Morgan fingerprint density at radius 2 is 2.00 bits per heavy atom. The highest BCUT2D eigenvalue weighted by atomic mass is 32.2. The predicted octanol–water partition coefficient (Wildman–Crippen LogP) is 3.67. The highest BCUT2D eigenvalue weighted by molar-refractivity contribution is 8.00. The summed E-state index contributed by atoms with van der Waals surface area (Å²) in [5.41, 5.74) is 2.91. The molecule has 1 aromatic heterocycles. The molecule has 0 saturated heterocycles. The predicted molar refractivity (Wildman–Crippen MR) is 75.2 cm³/mol. The van der Waals surface area contributed by atoms with Gasteiger partial charge < -0.3 is 0 Å². The molecule has 0 unspecified atom stereocenters. The van der Waals surface area contributed by atoms with Crippen molar-refractivity contribution in [3.8, 4) is 0 Å². The number of rotatable bonds is 4. The zero-order valence-electron chi connectivity index (χ0n) is 10.5. The van der Waals surface area contributed by atoms with Gasteiger partial charge in [0.1, 0.15) is 0 Å². The highest BCUT2D eigenvalue weighted by Gasteiger charge is 2.08. The van der Waals surface area contributed by atoms with Crippen LogP contribution in [0, 0.1) is 13.8 Å². The molecule has 1 aromatic carbocycles. The standard InChI is InChI=1S/C15H15NOS/c1-11-7-13(9-16-8-11)14(17)10-18-15-6-4-3-5-12(15)2/h3-9H,10H2,1-2H3. The highest BCUT2D eigenvalue weighted by Crippen LogP contribution is 2.22. The summed E-state index contributed by atoms with van der Waals surface area (Å²) >= 11 is 1.58. The lowest BCUT2D eigenvalue weighted by molar-refractivity contribution is 0.102. The molecule has 0 aliphatic rings. The Kier molecular flexibility index (Phi) is 4.15. The Balaban J connectivity index is 2.03. The van der Waals surface area contributed by atoms with Crippen molar-refractivity contribution in [2.45, 2.75) is 18.7 Å². The van der Waals surface area contributed by atoms with Gasteiger partial charge in [-0.25, -0.2) is 0 Å². The Labute approximate surface area is 111 Å². The van der Waals surface area contributed by atoms with Crippen molar-refractivity contribution in [2.75, 3.05) is 5.75 Å². The van der Waals surface area contributed by atoms with Crippen molar-refractivity contribution < 1.29 is 4.79 Å². The minimum absolute atomic E-state index is 0.124. The first-order chi connectivity index (χ1) is 8.66. The molecule has 0 spiro atoms. The summed E-state index contributed by atoms with van der Waals surface area (Å²) in [7, 11) is 0. The normalized spacial score (nSPS) is 10.3. The van der Waals surface area contributed by atoms with E-state index >= 15 is 0 Å². The maximum atomic E-state index is 12.0. The number of thioether (sulfide) groups is 1. The zero-order chi connectivity index (χ0) is 13.0. The maximum absolute atomic E-state index is 12.0. The third-order valence-corrected chi connectivity index (χ3v) is 3.82. The largest absolute Gasteiger partial charge is 0.293 e. The second-order valence-corrected chi connectivity index (χ2v) is 5.25. The smallest absolute Gasteiger partial charge is 0.174 e. The first-order valence-electron chi connectivity index (χ1n) is 5.80. The molecule has 0 bridgehead atoms. The van der Waals surface area contributed by atoms with Crippen LogP contribution in [0.1, 0.15) is 21.5 Å². The molecule has 0 aliphatic heterocycles. The van der Waals surface area contributed by atoms with E-state index in [1.54, 1.807) is 24.2 Å². The first-order valence-corrected chi connectivity index (χ1v) is 6.78. The van der Waals surface area contributed by atoms with Crippen LogP contribution in [0.4, 0.5) is 0 Å². The van der Waals surface area contributed by atoms with E-state index in [-0.39, 0.29) is 5.78 Å². The van der Waals surface area contributed by atoms with Gasteiger partial charge in [-0.1, -0.05) is 18.2 Å². The van der Waals surface area contributed by atoms with Crippen LogP contribution >= 0.6 is 11.8 Å². The van der Waals surface area contributed by atoms with Crippen LogP contribution in [0.15, 0.2) is 47.6 Å². The van der Waals surface area contributed by atoms with E-state index in [1.165, 1.54) is 5.56 Å². The van der Waals surface area contributed by atoms with Crippen molar-refractivity contribution in [2.24, 2.45) is 0 Å². The number of ketones is 1. The quantitative estimate of drug-likeness (QED) is 0.618. The summed E-state index contributed by atoms with van der Waals surface area (Å²) in [5, 5.41) is 0. The van der Waals surface area contributed by atoms with E-state index in [2.05, 4.69) is 18.0 Å². The van der Waals surface area contributed by atoms with Crippen molar-refractivity contribution >= 4 is 17.5 Å². The van der Waals surface area contributed by atoms with Gasteiger partial charge in [-0.2, -0.15) is 0 Å². The monoisotopic (exact) mass is 257 g/mol. The Morgan fingerprint density at radius 1 is 1.22 bits per heavy atom. The molecule has 0 fully saturated rings. The van der Waals surface area contributed by atoms with Crippen LogP contribution in [0.3, 0.4) is 0 Å². The van der Waals surface area contributed by atoms with Crippen LogP contribution in [-0.2, 0) is 0 Å². The molecule has 0 atom stereocenters. The lowest BCUT2D eigenvalue weighted by atomic mass is 10.2. The summed E-state index contributed by atoms with van der Waals surface area (Å²) in [6, 6.07) is 9.98. The Bertz CT molecular complexity index is 566. The minimum atomic E-state index is 0.124. The molecule has 1 heterocycles. The van der Waals surface area contributed by atoms with E-state index < -0.39 is 0 Å². The molecule has 2 rings (SSSR count). The number of aryl methyl sites for hydroxylation is 2. The number of Topliss-reactive ketones (excluding diaryl/α,β-unsaturated/α-hetero) is 1. The lowest BCUT2D eigenvalue weighted by Gasteiger charge is -2.05. The van der Waals surface area contributed by atoms with Gasteiger partial charge in [0.2, 0.25) is 0 Å². The van der Waals surface area contributed by atoms with Crippen LogP contribution in [-0.4, -0.2) is 16.5 Å². The van der Waals surface area contributed by atoms with Crippen LogP contribution in [0.5, 0.6) is 0 Å². The van der Waals surface area contributed by atoms with E-state index in [9.17, 15) is 4.79 Å². The van der Waals surface area contributed by atoms with Crippen molar-refractivity contribution in [3.05, 3.63) is 59.4 Å². The number of nitrogens with zero attached hydrogens (tertiary/aromatic N) is 1. The molecule has 2 aromatic rings. The topological polar surface area (TPSA) is 30.0 Å². The zero-order valence-corrected chi connectivity index (χ0v) is 11.3. The van der Waals surface area contributed by atoms with Crippen molar-refractivity contribution in [3.63, 3.8) is 0 Å². The number of aromatic nitrogens is 1. The first kappa shape index (κ1) is 12.8. The van der Waals surface area contributed by atoms with Gasteiger partial charge >= 0.3 is 0 Å². The van der Waals surface area contributed by atoms with Gasteiger partial charge in [-0.15, -0.1) is 11.8 Å². The average Bonchev–Trinajstić information content (AvgIpc) is 2.37. The van der Waals surface area contributed by atoms with Crippen LogP contribution < -0.4 is 0 Å². The van der Waals surface area contributed by atoms with E-state index in [1.807, 2.05) is 31.2 Å². The number of hydrogen-bond donors (Lipinski definition) is 0. The molecule has 0 saturated carbocycles. The summed E-state index contributed by atoms with van der Waals surface area (Å²) in [4.78, 5) is 17.2. The summed E-state index contributed by atoms with van der Waals surface area (Å²) in [6.07, 6.45) is 3.39. The third-order valence-electron chi connectivity index (χ3n) is 2.65. The molecule has 18 heavy (non-hydrogen) atoms. The van der Waals surface area contributed by atoms with Crippen LogP contribution in [0.25, 0.3) is 0 Å². The molecule has 2 nitrogen and oxygen atoms in total. The second-order valence-electron chi connectivity index (χ2n) is 4.23. The Morgan fingerprint density at radius 3 is 2.72 bits per heavy atom. The minimum Gasteiger partial charge on any atom is -0.293 e. The van der Waals surface area contributed by atoms with Gasteiger partial charge in [0, 0.05) is 22.9 Å². The average molecular weight is 257 g/mol. The number of pyridine rings is 1. The summed E-state index contributed by atoms with van der Waals surface area (Å²) in [5.74, 6) is 0.579. The molecule has 3 heteroatoms. The van der Waals surface area contributed by atoms with Gasteiger partial charge in [-0.3, -0.25) is 9.78 Å². The van der Waals surface area contributed by atoms with E-state index in [4.69, 9.17) is 0 Å². The lowest BCUT2D eigenvalue weighted by Crippen LogP contribution is -2.03. The molecule has 0 N–H and O–H groups in total. The molecule has 0 amide bonds. The fourth-order valence-electron chi connectivity index (χ4n) is 1.65. The SMILES string of the molecule is Cc1cncc(C(=O)CSc2ccccc2C)c1. The van der Waals surface area contributed by atoms with Gasteiger partial charge in [0.15, 0.2) is 5.78 Å². The molecular formula is C15H15NOS. The van der Waals surface area contributed by atoms with Gasteiger partial charge in [0.25, 0.3) is 0 Å². The summed E-state index contributed by atoms with van der Waals surface area (Å²) in [6.45, 7) is 4.00. The van der Waals surface area contributed by atoms with Gasteiger partial charge in [-0.05, 0) is 37.1 Å². The van der Waals surface area contributed by atoms with Crippen LogP contribution in [0.2, 0.25) is 0 Å². The second kappa shape index (κ2) is 5.83. The molecule has 0 radical (unpaired) electrons. The maximum Gasteiger partial charge on any atom is 0.174 e. The van der Waals surface area contributed by atoms with E-state index in [0.29, 0.717) is 11.3 Å². The number of carbonyl (C=O) groups excluding carboxylic acids is 1. The Hall–Kier alpha value is -1.61. The number of hydrogen-bond acceptors (Lipinski definition) is 3. The van der Waals surface area contributed by atoms with Gasteiger partial charge in [0.05, 0.1) is 5.75 Å². The third kappa shape index (κ3) is 3.20. The van der Waals surface area contributed by atoms with Crippen molar-refractivity contribution in [1.82, 2.24) is 4.98 Å². The fourth-order valence-corrected chi connectivity index (χ4v) is 2.58. The summed E-state index contributed by atoms with van der Waals surface area (Å²) < 4.78 is 0. The van der Waals surface area contributed by atoms with E-state index in [0.717, 1.165) is 10.5 Å². The fraction of sp³-hybridized carbons (Fsp3) is 0.200. The molecule has 0 aliphatic carbocycles.